The Labute approximate surface area is 189 Å². The second-order valence-corrected chi connectivity index (χ2v) is 9.72. The van der Waals surface area contributed by atoms with Crippen molar-refractivity contribution < 1.29 is 13.2 Å². The summed E-state index contributed by atoms with van der Waals surface area (Å²) in [5, 5.41) is 3.97. The number of sulfonamides is 1. The first kappa shape index (κ1) is 23.4. The minimum absolute atomic E-state index is 0.0749. The molecular formula is C25H27N3O3S. The Morgan fingerprint density at radius 1 is 0.906 bits per heavy atom. The van der Waals surface area contributed by atoms with Crippen molar-refractivity contribution in [3.63, 3.8) is 0 Å². The highest BCUT2D eigenvalue weighted by Gasteiger charge is 2.26. The summed E-state index contributed by atoms with van der Waals surface area (Å²) in [6.45, 7) is 5.54. The normalized spacial score (nSPS) is 11.8. The molecule has 0 bridgehead atoms. The van der Waals surface area contributed by atoms with E-state index in [2.05, 4.69) is 10.5 Å². The monoisotopic (exact) mass is 449 g/mol. The molecule has 3 aromatic carbocycles. The zero-order chi connectivity index (χ0) is 23.1. The van der Waals surface area contributed by atoms with E-state index >= 15 is 0 Å². The van der Waals surface area contributed by atoms with E-state index in [9.17, 15) is 13.2 Å². The maximum Gasteiger partial charge on any atom is 0.255 e. The zero-order valence-electron chi connectivity index (χ0n) is 18.4. The predicted octanol–water partition coefficient (Wildman–Crippen LogP) is 3.95. The molecule has 3 aromatic rings. The maximum atomic E-state index is 13.3. The topological polar surface area (TPSA) is 78.8 Å². The Bertz CT molecular complexity index is 1200. The van der Waals surface area contributed by atoms with Gasteiger partial charge in [0.1, 0.15) is 0 Å². The van der Waals surface area contributed by atoms with Crippen LogP contribution in [0.2, 0.25) is 0 Å². The second kappa shape index (κ2) is 10.3. The summed E-state index contributed by atoms with van der Waals surface area (Å²) < 4.78 is 27.7. The lowest BCUT2D eigenvalue weighted by atomic mass is 10.1. The van der Waals surface area contributed by atoms with Gasteiger partial charge in [-0.25, -0.2) is 13.8 Å². The van der Waals surface area contributed by atoms with Gasteiger partial charge in [-0.1, -0.05) is 77.4 Å². The quantitative estimate of drug-likeness (QED) is 0.418. The molecule has 0 fully saturated rings. The third-order valence-electron chi connectivity index (χ3n) is 4.90. The number of hydrazone groups is 1. The van der Waals surface area contributed by atoms with Gasteiger partial charge in [0.2, 0.25) is 10.0 Å². The van der Waals surface area contributed by atoms with Crippen LogP contribution in [0, 0.1) is 20.8 Å². The third-order valence-corrected chi connectivity index (χ3v) is 6.71. The first-order valence-electron chi connectivity index (χ1n) is 10.2. The van der Waals surface area contributed by atoms with Crippen molar-refractivity contribution in [2.75, 3.05) is 6.54 Å². The lowest BCUT2D eigenvalue weighted by Gasteiger charge is -2.21. The van der Waals surface area contributed by atoms with Crippen LogP contribution in [0.3, 0.4) is 0 Å². The number of benzene rings is 3. The fourth-order valence-corrected chi connectivity index (χ4v) is 4.49. The molecule has 166 valence electrons. The minimum Gasteiger partial charge on any atom is -0.272 e. The highest BCUT2D eigenvalue weighted by molar-refractivity contribution is 7.89. The van der Waals surface area contributed by atoms with Gasteiger partial charge in [0.15, 0.2) is 0 Å². The smallest absolute Gasteiger partial charge is 0.255 e. The van der Waals surface area contributed by atoms with Gasteiger partial charge in [-0.15, -0.1) is 0 Å². The summed E-state index contributed by atoms with van der Waals surface area (Å²) in [6, 6.07) is 21.8. The second-order valence-electron chi connectivity index (χ2n) is 7.78. The number of rotatable bonds is 8. The van der Waals surface area contributed by atoms with E-state index in [1.807, 2.05) is 69.3 Å². The molecule has 7 heteroatoms. The van der Waals surface area contributed by atoms with Crippen molar-refractivity contribution >= 4 is 22.1 Å². The van der Waals surface area contributed by atoms with E-state index in [1.54, 1.807) is 24.3 Å². The molecule has 1 N–H and O–H groups in total. The number of nitrogens with zero attached hydrogens (tertiary/aromatic N) is 2. The van der Waals surface area contributed by atoms with Crippen LogP contribution in [-0.2, 0) is 21.4 Å². The highest BCUT2D eigenvalue weighted by Crippen LogP contribution is 2.19. The van der Waals surface area contributed by atoms with Gasteiger partial charge in [0.05, 0.1) is 17.7 Å². The van der Waals surface area contributed by atoms with Crippen molar-refractivity contribution in [3.05, 3.63) is 101 Å². The molecule has 3 rings (SSSR count). The summed E-state index contributed by atoms with van der Waals surface area (Å²) in [7, 11) is -3.88. The van der Waals surface area contributed by atoms with E-state index < -0.39 is 15.9 Å². The lowest BCUT2D eigenvalue weighted by molar-refractivity contribution is -0.121. The fraction of sp³-hybridized carbons (Fsp3) is 0.200. The molecule has 0 unspecified atom stereocenters. The minimum atomic E-state index is -3.88. The average molecular weight is 450 g/mol. The van der Waals surface area contributed by atoms with Gasteiger partial charge in [-0.3, -0.25) is 4.79 Å². The molecule has 0 saturated heterocycles. The van der Waals surface area contributed by atoms with E-state index in [0.29, 0.717) is 0 Å². The number of hydrogen-bond acceptors (Lipinski definition) is 4. The van der Waals surface area contributed by atoms with Crippen molar-refractivity contribution in [2.45, 2.75) is 32.2 Å². The van der Waals surface area contributed by atoms with Crippen molar-refractivity contribution in [3.8, 4) is 0 Å². The van der Waals surface area contributed by atoms with Crippen molar-refractivity contribution in [1.82, 2.24) is 9.73 Å². The summed E-state index contributed by atoms with van der Waals surface area (Å²) >= 11 is 0. The molecule has 0 aliphatic rings. The molecule has 0 atom stereocenters. The van der Waals surface area contributed by atoms with Crippen LogP contribution in [0.15, 0.2) is 82.8 Å². The Hall–Kier alpha value is -3.29. The molecular weight excluding hydrogens is 422 g/mol. The number of carbonyl (C=O) groups excluding carboxylic acids is 1. The van der Waals surface area contributed by atoms with Gasteiger partial charge in [-0.2, -0.15) is 9.41 Å². The molecule has 0 saturated carbocycles. The fourth-order valence-electron chi connectivity index (χ4n) is 3.11. The molecule has 32 heavy (non-hydrogen) atoms. The number of carbonyl (C=O) groups is 1. The summed E-state index contributed by atoms with van der Waals surface area (Å²) in [6.07, 6.45) is 1.53. The van der Waals surface area contributed by atoms with E-state index in [4.69, 9.17) is 0 Å². The Balaban J connectivity index is 1.79. The van der Waals surface area contributed by atoms with Crippen molar-refractivity contribution in [2.24, 2.45) is 5.10 Å². The molecule has 0 aliphatic heterocycles. The van der Waals surface area contributed by atoms with Gasteiger partial charge in [-0.05, 0) is 44.0 Å². The number of amides is 1. The molecule has 0 radical (unpaired) electrons. The van der Waals surface area contributed by atoms with Crippen molar-refractivity contribution in [1.29, 1.82) is 0 Å². The molecule has 6 nitrogen and oxygen atoms in total. The number of aryl methyl sites for hydroxylation is 3. The van der Waals surface area contributed by atoms with Gasteiger partial charge in [0.25, 0.3) is 5.91 Å². The van der Waals surface area contributed by atoms with Crippen LogP contribution in [0.1, 0.15) is 27.8 Å². The van der Waals surface area contributed by atoms with Crippen LogP contribution >= 0.6 is 0 Å². The lowest BCUT2D eigenvalue weighted by Crippen LogP contribution is -2.39. The largest absolute Gasteiger partial charge is 0.272 e. The Morgan fingerprint density at radius 2 is 1.53 bits per heavy atom. The van der Waals surface area contributed by atoms with Gasteiger partial charge < -0.3 is 0 Å². The van der Waals surface area contributed by atoms with Gasteiger partial charge in [0, 0.05) is 6.54 Å². The van der Waals surface area contributed by atoms with Crippen LogP contribution in [0.25, 0.3) is 0 Å². The highest BCUT2D eigenvalue weighted by atomic mass is 32.2. The van der Waals surface area contributed by atoms with E-state index in [0.717, 1.165) is 27.8 Å². The zero-order valence-corrected chi connectivity index (χ0v) is 19.3. The number of hydrogen-bond donors (Lipinski definition) is 1. The molecule has 0 spiro atoms. The predicted molar refractivity (Wildman–Crippen MR) is 127 cm³/mol. The average Bonchev–Trinajstić information content (AvgIpc) is 2.75. The Kier molecular flexibility index (Phi) is 7.56. The number of nitrogens with one attached hydrogen (secondary N) is 1. The third kappa shape index (κ3) is 6.35. The Morgan fingerprint density at radius 3 is 2.16 bits per heavy atom. The summed E-state index contributed by atoms with van der Waals surface area (Å²) in [5.74, 6) is -0.517. The maximum absolute atomic E-state index is 13.3. The van der Waals surface area contributed by atoms with Gasteiger partial charge >= 0.3 is 0 Å². The molecule has 0 heterocycles. The standard InChI is InChI=1S/C25H27N3O3S/c1-19-7-11-22(12-8-19)17-28(32(30,31)24-13-9-20(2)10-14-24)18-25(29)27-26-16-23-6-4-5-21(3)15-23/h4-16H,17-18H2,1-3H3,(H,27,29)/b26-16-. The van der Waals surface area contributed by atoms with E-state index in [-0.39, 0.29) is 18.0 Å². The molecule has 1 amide bonds. The first-order chi connectivity index (χ1) is 15.2. The molecule has 0 aromatic heterocycles. The van der Waals surface area contributed by atoms with Crippen LogP contribution in [-0.4, -0.2) is 31.4 Å². The van der Waals surface area contributed by atoms with Crippen LogP contribution in [0.4, 0.5) is 0 Å². The van der Waals surface area contributed by atoms with Crippen LogP contribution < -0.4 is 5.43 Å². The van der Waals surface area contributed by atoms with E-state index in [1.165, 1.54) is 10.5 Å². The first-order valence-corrected chi connectivity index (χ1v) is 11.7. The molecule has 0 aliphatic carbocycles. The SMILES string of the molecule is Cc1ccc(CN(CC(=O)N/N=C\c2cccc(C)c2)S(=O)(=O)c2ccc(C)cc2)cc1. The summed E-state index contributed by atoms with van der Waals surface area (Å²) in [5.41, 5.74) is 7.18. The summed E-state index contributed by atoms with van der Waals surface area (Å²) in [4.78, 5) is 12.7. The van der Waals surface area contributed by atoms with Crippen LogP contribution in [0.5, 0.6) is 0 Å².